The van der Waals surface area contributed by atoms with Gasteiger partial charge in [-0.2, -0.15) is 0 Å². The maximum Gasteiger partial charge on any atom is 0.307 e. The first kappa shape index (κ1) is 42.5. The lowest BCUT2D eigenvalue weighted by Crippen LogP contribution is -2.66. The number of benzene rings is 1. The van der Waals surface area contributed by atoms with Gasteiger partial charge in [0.25, 0.3) is 5.91 Å². The molecule has 0 saturated carbocycles. The van der Waals surface area contributed by atoms with Gasteiger partial charge in [-0.1, -0.05) is 0 Å². The Bertz CT molecular complexity index is 1940. The molecular formula is C39H50N4O12. The third-order valence-electron chi connectivity index (χ3n) is 9.64. The fourth-order valence-electron chi connectivity index (χ4n) is 7.81. The number of fused-ring (bicyclic) bond motifs is 3. The number of esters is 3. The second-order valence-electron chi connectivity index (χ2n) is 15.5. The van der Waals surface area contributed by atoms with Crippen LogP contribution in [0.3, 0.4) is 0 Å². The van der Waals surface area contributed by atoms with Crippen LogP contribution in [-0.4, -0.2) is 111 Å². The Labute approximate surface area is 319 Å². The molecule has 298 valence electrons. The van der Waals surface area contributed by atoms with Crippen LogP contribution in [0.15, 0.2) is 28.7 Å². The number of carbonyl (C=O) groups excluding carboxylic acids is 8. The normalized spacial score (nSPS) is 21.9. The Kier molecular flexibility index (Phi) is 12.3. The molecule has 4 rings (SSSR count). The number of anilines is 1. The monoisotopic (exact) mass is 766 g/mol. The average molecular weight is 767 g/mol. The van der Waals surface area contributed by atoms with Gasteiger partial charge < -0.3 is 29.2 Å². The smallest absolute Gasteiger partial charge is 0.307 e. The summed E-state index contributed by atoms with van der Waals surface area (Å²) in [5.41, 5.74) is -2.34. The van der Waals surface area contributed by atoms with Crippen molar-refractivity contribution in [1.82, 2.24) is 15.5 Å². The molecule has 1 aromatic carbocycles. The van der Waals surface area contributed by atoms with Gasteiger partial charge in [-0.3, -0.25) is 48.6 Å². The first-order valence-electron chi connectivity index (χ1n) is 17.8. The quantitative estimate of drug-likeness (QED) is 0.187. The van der Waals surface area contributed by atoms with Crippen molar-refractivity contribution in [2.75, 3.05) is 46.7 Å². The zero-order chi connectivity index (χ0) is 41.5. The van der Waals surface area contributed by atoms with Crippen LogP contribution in [0.5, 0.6) is 5.75 Å². The number of ether oxygens (including phenoxy) is 4. The number of amides is 2. The Morgan fingerprint density at radius 1 is 0.927 bits per heavy atom. The van der Waals surface area contributed by atoms with Crippen molar-refractivity contribution in [3.8, 4) is 5.75 Å². The summed E-state index contributed by atoms with van der Waals surface area (Å²) in [6.45, 7) is 9.96. The van der Waals surface area contributed by atoms with Crippen molar-refractivity contribution in [2.45, 2.75) is 84.9 Å². The molecule has 4 atom stereocenters. The summed E-state index contributed by atoms with van der Waals surface area (Å²) in [7, 11) is 8.08. The Morgan fingerprint density at radius 2 is 1.55 bits per heavy atom. The second-order valence-corrected chi connectivity index (χ2v) is 15.5. The summed E-state index contributed by atoms with van der Waals surface area (Å²) in [6, 6.07) is 0.608. The minimum atomic E-state index is -2.64. The Morgan fingerprint density at radius 3 is 2.04 bits per heavy atom. The molecule has 55 heavy (non-hydrogen) atoms. The van der Waals surface area contributed by atoms with Crippen molar-refractivity contribution in [3.63, 3.8) is 0 Å². The van der Waals surface area contributed by atoms with Gasteiger partial charge in [0.1, 0.15) is 17.1 Å². The van der Waals surface area contributed by atoms with E-state index in [1.165, 1.54) is 12.0 Å². The van der Waals surface area contributed by atoms with Crippen LogP contribution < -0.4 is 20.3 Å². The summed E-state index contributed by atoms with van der Waals surface area (Å²) >= 11 is 0. The summed E-state index contributed by atoms with van der Waals surface area (Å²) in [5.74, 6) is -10.1. The molecule has 0 fully saturated rings. The van der Waals surface area contributed by atoms with E-state index in [0.717, 1.165) is 27.7 Å². The van der Waals surface area contributed by atoms with Crippen LogP contribution in [0.1, 0.15) is 76.4 Å². The van der Waals surface area contributed by atoms with Gasteiger partial charge in [0.2, 0.25) is 17.3 Å². The minimum Gasteiger partial charge on any atom is -0.496 e. The van der Waals surface area contributed by atoms with Crippen molar-refractivity contribution >= 4 is 52.8 Å². The average Bonchev–Trinajstić information content (AvgIpc) is 3.03. The highest BCUT2D eigenvalue weighted by Crippen LogP contribution is 2.56. The molecule has 3 aliphatic rings. The molecule has 0 radical (unpaired) electrons. The van der Waals surface area contributed by atoms with Crippen molar-refractivity contribution in [1.29, 1.82) is 0 Å². The van der Waals surface area contributed by atoms with Crippen LogP contribution in [-0.2, 0) is 60.6 Å². The van der Waals surface area contributed by atoms with Gasteiger partial charge in [0.05, 0.1) is 25.3 Å². The lowest BCUT2D eigenvalue weighted by Gasteiger charge is -2.52. The van der Waals surface area contributed by atoms with E-state index in [1.54, 1.807) is 39.2 Å². The van der Waals surface area contributed by atoms with Crippen LogP contribution in [0, 0.1) is 11.8 Å². The number of hydrogen-bond acceptors (Lipinski definition) is 15. The molecule has 0 aliphatic heterocycles. The second kappa shape index (κ2) is 15.9. The largest absolute Gasteiger partial charge is 0.496 e. The molecule has 2 amide bonds. The zero-order valence-corrected chi connectivity index (χ0v) is 33.4. The maximum atomic E-state index is 15.2. The minimum absolute atomic E-state index is 0.0443. The molecule has 16 nitrogen and oxygen atoms in total. The van der Waals surface area contributed by atoms with Gasteiger partial charge in [-0.25, -0.2) is 0 Å². The number of hydrogen-bond donors (Lipinski definition) is 2. The number of Topliss-reactive ketones (excluding diaryl/α,β-unsaturated/α-hetero) is 3. The van der Waals surface area contributed by atoms with E-state index in [2.05, 4.69) is 5.32 Å². The number of nitrogens with one attached hydrogen (secondary N) is 2. The van der Waals surface area contributed by atoms with Crippen molar-refractivity contribution < 1.29 is 57.3 Å². The molecule has 3 aliphatic carbocycles. The van der Waals surface area contributed by atoms with Gasteiger partial charge in [-0.15, -0.1) is 0 Å². The number of carbonyl (C=O) groups is 8. The van der Waals surface area contributed by atoms with E-state index >= 15 is 9.59 Å². The maximum absolute atomic E-state index is 15.2. The predicted molar refractivity (Wildman–Crippen MR) is 197 cm³/mol. The zero-order valence-electron chi connectivity index (χ0n) is 33.4. The number of likely N-dealkylation sites (N-methyl/N-ethyl adjacent to an activating group) is 1. The summed E-state index contributed by atoms with van der Waals surface area (Å²) in [4.78, 5) is 111. The molecule has 1 aromatic rings. The summed E-state index contributed by atoms with van der Waals surface area (Å²) in [6.07, 6.45) is -0.0444. The number of ketones is 3. The lowest BCUT2D eigenvalue weighted by molar-refractivity contribution is -0.181. The molecule has 0 saturated heterocycles. The predicted octanol–water partition coefficient (Wildman–Crippen LogP) is 1.75. The van der Waals surface area contributed by atoms with Crippen LogP contribution in [0.4, 0.5) is 5.69 Å². The highest BCUT2D eigenvalue weighted by Gasteiger charge is 2.68. The third-order valence-corrected chi connectivity index (χ3v) is 9.64. The molecule has 0 spiro atoms. The number of methoxy groups -OCH3 is 1. The first-order chi connectivity index (χ1) is 25.5. The summed E-state index contributed by atoms with van der Waals surface area (Å²) < 4.78 is 23.2. The molecular weight excluding hydrogens is 716 g/mol. The van der Waals surface area contributed by atoms with E-state index in [0.29, 0.717) is 16.8 Å². The third kappa shape index (κ3) is 8.25. The lowest BCUT2D eigenvalue weighted by atomic mass is 9.58. The number of allylic oxidation sites excluding steroid dienone is 1. The molecule has 0 bridgehead atoms. The Hall–Kier alpha value is -5.22. The molecule has 16 heteroatoms. The van der Waals surface area contributed by atoms with E-state index in [9.17, 15) is 28.8 Å². The van der Waals surface area contributed by atoms with Gasteiger partial charge in [0.15, 0.2) is 17.3 Å². The topological polar surface area (TPSA) is 204 Å². The van der Waals surface area contributed by atoms with Gasteiger partial charge in [0, 0.05) is 76.5 Å². The fourth-order valence-corrected chi connectivity index (χ4v) is 7.81. The summed E-state index contributed by atoms with van der Waals surface area (Å²) in [5, 5.41) is 5.19. The van der Waals surface area contributed by atoms with Crippen LogP contribution in [0.25, 0.3) is 0 Å². The molecule has 0 heterocycles. The molecule has 2 N–H and O–H groups in total. The molecule has 0 aromatic heterocycles. The number of rotatable bonds is 11. The first-order valence-corrected chi connectivity index (χ1v) is 17.8. The number of imide groups is 1. The fraction of sp³-hybridized carbons (Fsp3) is 0.538. The number of nitrogens with zero attached hydrogens (tertiary/aromatic N) is 2. The van der Waals surface area contributed by atoms with E-state index < -0.39 is 81.9 Å². The van der Waals surface area contributed by atoms with E-state index in [4.69, 9.17) is 18.9 Å². The standard InChI is InChI=1S/C39H50N4O12/c1-18(44)41-37(51)30-34(53-19(2)45)31(43(10)11)26-15-22-14-25-27(42(8)9)16-23(13-24(48)17-40-38(5,6)7)33(52-12)29(25)32(49)28(22)36(54-20(3)46)39(26,35(30)50)55-21(4)47/h16,22,26,31,40H,13-15,17H2,1-12H3,(H,41,44,51)/t22-,26-,31-,39+/m0/s1. The van der Waals surface area contributed by atoms with Gasteiger partial charge >= 0.3 is 17.9 Å². The van der Waals surface area contributed by atoms with Crippen molar-refractivity contribution in [3.05, 3.63) is 45.4 Å². The SMILES string of the molecule is COc1c(CC(=O)CNC(C)(C)C)cc(N(C)C)c2c1C(=O)C1=C(OC(C)=O)[C@]3(OC(C)=O)C(=O)C(C(=O)NC(C)=O)=C(OC(C)=O)[C@@H](N(C)C)[C@@H]3C[C@@H]1C2. The highest BCUT2D eigenvalue weighted by molar-refractivity contribution is 6.28. The van der Waals surface area contributed by atoms with Gasteiger partial charge in [-0.05, 0) is 65.3 Å². The highest BCUT2D eigenvalue weighted by atomic mass is 16.6. The van der Waals surface area contributed by atoms with Crippen molar-refractivity contribution in [2.24, 2.45) is 11.8 Å². The van der Waals surface area contributed by atoms with E-state index in [-0.39, 0.29) is 54.0 Å². The van der Waals surface area contributed by atoms with E-state index in [1.807, 2.05) is 26.1 Å². The Balaban J connectivity index is 2.13. The van der Waals surface area contributed by atoms with Crippen LogP contribution >= 0.6 is 0 Å². The van der Waals surface area contributed by atoms with Crippen LogP contribution in [0.2, 0.25) is 0 Å². The molecule has 0 unspecified atom stereocenters.